The minimum absolute atomic E-state index is 0.191. The first-order valence-corrected chi connectivity index (χ1v) is 19.7. The first-order valence-electron chi connectivity index (χ1n) is 17.3. The predicted molar refractivity (Wildman–Crippen MR) is 202 cm³/mol. The van der Waals surface area contributed by atoms with E-state index >= 15 is 4.39 Å². The van der Waals surface area contributed by atoms with Crippen LogP contribution in [0.2, 0.25) is 0 Å². The predicted octanol–water partition coefficient (Wildman–Crippen LogP) is 6.74. The van der Waals surface area contributed by atoms with Gasteiger partial charge in [-0.25, -0.2) is 17.5 Å². The largest absolute Gasteiger partial charge is 0.492 e. The van der Waals surface area contributed by atoms with Crippen LogP contribution in [0, 0.1) is 5.82 Å². The van der Waals surface area contributed by atoms with Crippen LogP contribution in [-0.4, -0.2) is 79.5 Å². The maximum absolute atomic E-state index is 15.1. The molecule has 1 amide bonds. The van der Waals surface area contributed by atoms with E-state index in [9.17, 15) is 26.4 Å². The second-order valence-corrected chi connectivity index (χ2v) is 15.3. The van der Waals surface area contributed by atoms with Crippen LogP contribution in [0.4, 0.5) is 29.1 Å². The van der Waals surface area contributed by atoms with Crippen molar-refractivity contribution in [2.24, 2.45) is 0 Å². The van der Waals surface area contributed by atoms with Gasteiger partial charge in [0.25, 0.3) is 15.9 Å². The van der Waals surface area contributed by atoms with Crippen molar-refractivity contribution < 1.29 is 35.5 Å². The highest BCUT2D eigenvalue weighted by molar-refractivity contribution is 7.99. The molecular weight excluding hydrogens is 759 g/mol. The number of hydrogen-bond acceptors (Lipinski definition) is 11. The summed E-state index contributed by atoms with van der Waals surface area (Å²) in [5.41, 5.74) is 0.0668. The highest BCUT2D eigenvalue weighted by Gasteiger charge is 2.35. The third-order valence-electron chi connectivity index (χ3n) is 8.62. The molecule has 0 atom stereocenters. The summed E-state index contributed by atoms with van der Waals surface area (Å²) in [6.07, 6.45) is -1.69. The van der Waals surface area contributed by atoms with Gasteiger partial charge in [-0.15, -0.1) is 22.0 Å². The lowest BCUT2D eigenvalue weighted by atomic mass is 10.0. The van der Waals surface area contributed by atoms with Gasteiger partial charge < -0.3 is 15.0 Å². The van der Waals surface area contributed by atoms with Gasteiger partial charge in [0, 0.05) is 72.9 Å². The molecule has 17 heteroatoms. The van der Waals surface area contributed by atoms with Crippen molar-refractivity contribution >= 4 is 39.2 Å². The maximum Gasteiger partial charge on any atom is 0.418 e. The van der Waals surface area contributed by atoms with E-state index in [1.54, 1.807) is 29.2 Å². The summed E-state index contributed by atoms with van der Waals surface area (Å²) in [5, 5.41) is 10.7. The number of benzene rings is 3. The molecule has 0 spiro atoms. The maximum atomic E-state index is 15.1. The molecule has 55 heavy (non-hydrogen) atoms. The lowest BCUT2D eigenvalue weighted by Crippen LogP contribution is -2.46. The second-order valence-electron chi connectivity index (χ2n) is 12.4. The Bertz CT molecular complexity index is 2210. The number of anilines is 2. The van der Waals surface area contributed by atoms with Crippen molar-refractivity contribution in [3.05, 3.63) is 120 Å². The summed E-state index contributed by atoms with van der Waals surface area (Å²) >= 11 is 1.46. The van der Waals surface area contributed by atoms with E-state index in [1.165, 1.54) is 30.0 Å². The quantitative estimate of drug-likeness (QED) is 0.0705. The molecule has 0 bridgehead atoms. The SMILES string of the molecule is CCOc1cncc(-c2ccc(CN3CCN(c4ccc(C(=O)NS(=O)(=O)c5ccc(NCCSc6ccccc6)c(C(F)(F)F)c5)nn4)CC3)cc2F)c1. The van der Waals surface area contributed by atoms with Crippen LogP contribution < -0.4 is 19.7 Å². The molecule has 0 radical (unpaired) electrons. The lowest BCUT2D eigenvalue weighted by molar-refractivity contribution is -0.137. The molecule has 1 aliphatic heterocycles. The van der Waals surface area contributed by atoms with Crippen LogP contribution in [0.5, 0.6) is 5.75 Å². The van der Waals surface area contributed by atoms with Gasteiger partial charge in [0.2, 0.25) is 0 Å². The molecule has 6 rings (SSSR count). The molecule has 1 fully saturated rings. The van der Waals surface area contributed by atoms with Gasteiger partial charge >= 0.3 is 6.18 Å². The summed E-state index contributed by atoms with van der Waals surface area (Å²) in [5.74, 6) is -0.0131. The molecular formula is C38H37F4N7O4S2. The fraction of sp³-hybridized carbons (Fsp3) is 0.263. The molecule has 1 aliphatic rings. The van der Waals surface area contributed by atoms with Gasteiger partial charge in [-0.1, -0.05) is 30.3 Å². The summed E-state index contributed by atoms with van der Waals surface area (Å²) in [6.45, 7) is 5.44. The molecule has 0 unspecified atom stereocenters. The normalized spacial score (nSPS) is 13.7. The number of aromatic nitrogens is 3. The number of nitrogens with one attached hydrogen (secondary N) is 2. The number of pyridine rings is 1. The Hall–Kier alpha value is -5.26. The van der Waals surface area contributed by atoms with Crippen molar-refractivity contribution in [3.8, 4) is 16.9 Å². The average Bonchev–Trinajstić information content (AvgIpc) is 3.17. The molecule has 11 nitrogen and oxygen atoms in total. The molecule has 1 saturated heterocycles. The number of sulfonamides is 1. The first-order chi connectivity index (χ1) is 26.4. The van der Waals surface area contributed by atoms with Crippen LogP contribution >= 0.6 is 11.8 Å². The molecule has 3 aromatic carbocycles. The number of carbonyl (C=O) groups is 1. The van der Waals surface area contributed by atoms with E-state index < -0.39 is 32.6 Å². The van der Waals surface area contributed by atoms with Gasteiger partial charge in [0.05, 0.1) is 23.3 Å². The van der Waals surface area contributed by atoms with E-state index in [4.69, 9.17) is 4.74 Å². The Morgan fingerprint density at radius 1 is 0.927 bits per heavy atom. The second kappa shape index (κ2) is 17.5. The summed E-state index contributed by atoms with van der Waals surface area (Å²) in [4.78, 5) is 21.3. The standard InChI is InChI=1S/C38H37F4N7O4S2/c1-2-53-28-21-27(23-43-24-28)31-10-8-26(20-33(31)39)25-48-15-17-49(18-16-48)36-13-12-35(45-46-36)37(50)47-55(51,52)30-9-11-34(32(22-30)38(40,41)42)44-14-19-54-29-6-4-3-5-7-29/h3-13,20-24,44H,2,14-19,25H2,1H3,(H,47,50). The number of thioether (sulfide) groups is 1. The monoisotopic (exact) mass is 795 g/mol. The molecule has 2 N–H and O–H groups in total. The van der Waals surface area contributed by atoms with E-state index in [1.807, 2.05) is 48.2 Å². The molecule has 0 aliphatic carbocycles. The van der Waals surface area contributed by atoms with Gasteiger partial charge in [-0.2, -0.15) is 13.2 Å². The fourth-order valence-electron chi connectivity index (χ4n) is 5.89. The Balaban J connectivity index is 1.01. The van der Waals surface area contributed by atoms with E-state index in [-0.39, 0.29) is 23.7 Å². The third-order valence-corrected chi connectivity index (χ3v) is 11.0. The fourth-order valence-corrected chi connectivity index (χ4v) is 7.67. The zero-order chi connectivity index (χ0) is 39.0. The van der Waals surface area contributed by atoms with Crippen LogP contribution in [0.15, 0.2) is 107 Å². The minimum atomic E-state index is -4.86. The highest BCUT2D eigenvalue weighted by Crippen LogP contribution is 2.36. The molecule has 0 saturated carbocycles. The van der Waals surface area contributed by atoms with Gasteiger partial charge in [-0.05, 0) is 67.1 Å². The number of carbonyl (C=O) groups excluding carboxylic acids is 1. The topological polar surface area (TPSA) is 130 Å². The third kappa shape index (κ3) is 10.3. The van der Waals surface area contributed by atoms with Gasteiger partial charge in [0.15, 0.2) is 11.5 Å². The number of amides is 1. The Labute approximate surface area is 320 Å². The number of ether oxygens (including phenoxy) is 1. The van der Waals surface area contributed by atoms with E-state index in [0.717, 1.165) is 22.6 Å². The van der Waals surface area contributed by atoms with Crippen molar-refractivity contribution in [2.75, 3.05) is 55.3 Å². The molecule has 288 valence electrons. The van der Waals surface area contributed by atoms with Crippen LogP contribution in [-0.2, 0) is 22.7 Å². The number of alkyl halides is 3. The number of nitrogens with zero attached hydrogens (tertiary/aromatic N) is 5. The zero-order valence-corrected chi connectivity index (χ0v) is 31.2. The van der Waals surface area contributed by atoms with Crippen molar-refractivity contribution in [1.29, 1.82) is 0 Å². The average molecular weight is 796 g/mol. The Morgan fingerprint density at radius 2 is 1.71 bits per heavy atom. The van der Waals surface area contributed by atoms with Crippen molar-refractivity contribution in [1.82, 2.24) is 24.8 Å². The van der Waals surface area contributed by atoms with E-state index in [0.29, 0.717) is 73.8 Å². The summed E-state index contributed by atoms with van der Waals surface area (Å²) in [7, 11) is -4.70. The summed E-state index contributed by atoms with van der Waals surface area (Å²) < 4.78 is 90.3. The number of halogens is 4. The first kappa shape index (κ1) is 39.4. The Kier molecular flexibility index (Phi) is 12.5. The Morgan fingerprint density at radius 3 is 2.40 bits per heavy atom. The number of hydrogen-bond donors (Lipinski definition) is 2. The van der Waals surface area contributed by atoms with Crippen molar-refractivity contribution in [3.63, 3.8) is 0 Å². The molecule has 5 aromatic rings. The minimum Gasteiger partial charge on any atom is -0.492 e. The van der Waals surface area contributed by atoms with Gasteiger partial charge in [-0.3, -0.25) is 14.7 Å². The number of piperazine rings is 1. The van der Waals surface area contributed by atoms with E-state index in [2.05, 4.69) is 25.4 Å². The molecule has 3 heterocycles. The lowest BCUT2D eigenvalue weighted by Gasteiger charge is -2.35. The highest BCUT2D eigenvalue weighted by atomic mass is 32.2. The zero-order valence-electron chi connectivity index (χ0n) is 29.6. The van der Waals surface area contributed by atoms with Crippen LogP contribution in [0.25, 0.3) is 11.1 Å². The van der Waals surface area contributed by atoms with Crippen LogP contribution in [0.1, 0.15) is 28.5 Å². The summed E-state index contributed by atoms with van der Waals surface area (Å²) in [6, 6.07) is 21.6. The van der Waals surface area contributed by atoms with Gasteiger partial charge in [0.1, 0.15) is 11.6 Å². The van der Waals surface area contributed by atoms with Crippen molar-refractivity contribution in [2.45, 2.75) is 29.4 Å². The smallest absolute Gasteiger partial charge is 0.418 e. The number of rotatable bonds is 14. The molecule has 2 aromatic heterocycles. The van der Waals surface area contributed by atoms with Crippen LogP contribution in [0.3, 0.4) is 0 Å².